The minimum absolute atomic E-state index is 0.323. The Labute approximate surface area is 108 Å². The fourth-order valence-corrected chi connectivity index (χ4v) is 1.51. The molecule has 0 saturated carbocycles. The van der Waals surface area contributed by atoms with Crippen molar-refractivity contribution in [3.8, 4) is 5.75 Å². The Kier molecular flexibility index (Phi) is 5.75. The van der Waals surface area contributed by atoms with Gasteiger partial charge in [-0.2, -0.15) is 0 Å². The first kappa shape index (κ1) is 14.1. The predicted octanol–water partition coefficient (Wildman–Crippen LogP) is 3.21. The van der Waals surface area contributed by atoms with Gasteiger partial charge in [-0.1, -0.05) is 25.5 Å². The molecule has 1 aromatic carbocycles. The molecule has 0 heterocycles. The molecule has 0 aliphatic rings. The zero-order valence-corrected chi connectivity index (χ0v) is 11.0. The van der Waals surface area contributed by atoms with Crippen molar-refractivity contribution in [1.29, 1.82) is 0 Å². The Bertz CT molecular complexity index is 468. The Morgan fingerprint density at radius 1 is 1.39 bits per heavy atom. The number of rotatable bonds is 5. The Hall–Kier alpha value is -1.99. The van der Waals surface area contributed by atoms with Crippen LogP contribution >= 0.6 is 0 Å². The smallest absolute Gasteiger partial charge is 0.341 e. The molecule has 0 atom stereocenters. The monoisotopic (exact) mass is 246 g/mol. The molecule has 3 nitrogen and oxygen atoms in total. The molecule has 0 saturated heterocycles. The molecule has 0 amide bonds. The number of hydrogen-bond acceptors (Lipinski definition) is 3. The zero-order chi connectivity index (χ0) is 13.4. The van der Waals surface area contributed by atoms with E-state index in [4.69, 9.17) is 9.47 Å². The molecule has 3 heteroatoms. The van der Waals surface area contributed by atoms with Crippen molar-refractivity contribution in [1.82, 2.24) is 0 Å². The average Bonchev–Trinajstić information content (AvgIpc) is 2.42. The zero-order valence-electron chi connectivity index (χ0n) is 11.0. The molecular weight excluding hydrogens is 228 g/mol. The number of esters is 1. The third kappa shape index (κ3) is 4.11. The first-order valence-corrected chi connectivity index (χ1v) is 5.89. The van der Waals surface area contributed by atoms with Crippen molar-refractivity contribution < 1.29 is 14.3 Å². The van der Waals surface area contributed by atoms with Crippen LogP contribution in [0.25, 0.3) is 6.08 Å². The third-order valence-corrected chi connectivity index (χ3v) is 2.44. The normalized spacial score (nSPS) is 9.28. The molecule has 0 bridgehead atoms. The van der Waals surface area contributed by atoms with E-state index < -0.39 is 0 Å². The fraction of sp³-hybridized carbons (Fsp3) is 0.333. The summed E-state index contributed by atoms with van der Waals surface area (Å²) in [7, 11) is 3.00. The highest BCUT2D eigenvalue weighted by atomic mass is 16.5. The van der Waals surface area contributed by atoms with Gasteiger partial charge in [0.2, 0.25) is 0 Å². The van der Waals surface area contributed by atoms with E-state index in [0.29, 0.717) is 12.0 Å². The number of hydrogen-bond donors (Lipinski definition) is 0. The molecule has 0 N–H and O–H groups in total. The lowest BCUT2D eigenvalue weighted by Gasteiger charge is -2.01. The van der Waals surface area contributed by atoms with E-state index in [1.54, 1.807) is 13.2 Å². The van der Waals surface area contributed by atoms with Crippen molar-refractivity contribution in [3.63, 3.8) is 0 Å². The maximum Gasteiger partial charge on any atom is 0.341 e. The maximum atomic E-state index is 11.5. The van der Waals surface area contributed by atoms with Crippen molar-refractivity contribution in [2.24, 2.45) is 0 Å². The number of ether oxygens (including phenoxy) is 2. The molecular formula is C15H18O3. The lowest BCUT2D eigenvalue weighted by Crippen LogP contribution is -2.03. The summed E-state index contributed by atoms with van der Waals surface area (Å²) in [5.74, 6) is 0.455. The predicted molar refractivity (Wildman–Crippen MR) is 71.4 cm³/mol. The van der Waals surface area contributed by atoms with Gasteiger partial charge in [-0.25, -0.2) is 4.79 Å². The standard InChI is InChI=1S/C15H18O3/c1-4-6-13(15(16)18-3)10-9-12-7-5-8-14(11-12)17-2/h5,7-9,11H,4,6H2,1-3H3. The van der Waals surface area contributed by atoms with Gasteiger partial charge in [-0.15, -0.1) is 5.73 Å². The number of carbonyl (C=O) groups excluding carboxylic acids is 1. The molecule has 0 aromatic heterocycles. The van der Waals surface area contributed by atoms with Gasteiger partial charge in [-0.3, -0.25) is 0 Å². The minimum atomic E-state index is -0.323. The van der Waals surface area contributed by atoms with Crippen LogP contribution in [0.15, 0.2) is 35.6 Å². The lowest BCUT2D eigenvalue weighted by molar-refractivity contribution is -0.136. The maximum absolute atomic E-state index is 11.5. The highest BCUT2D eigenvalue weighted by molar-refractivity contribution is 5.88. The first-order valence-electron chi connectivity index (χ1n) is 5.89. The Morgan fingerprint density at radius 3 is 2.78 bits per heavy atom. The summed E-state index contributed by atoms with van der Waals surface area (Å²) < 4.78 is 9.85. The molecule has 0 unspecified atom stereocenters. The van der Waals surface area contributed by atoms with Gasteiger partial charge < -0.3 is 9.47 Å². The highest BCUT2D eigenvalue weighted by Gasteiger charge is 2.06. The van der Waals surface area contributed by atoms with Crippen LogP contribution in [0.4, 0.5) is 0 Å². The number of benzene rings is 1. The minimum Gasteiger partial charge on any atom is -0.497 e. The van der Waals surface area contributed by atoms with Crippen LogP contribution in [-0.4, -0.2) is 20.2 Å². The van der Waals surface area contributed by atoms with Crippen molar-refractivity contribution >= 4 is 12.0 Å². The van der Waals surface area contributed by atoms with E-state index in [2.05, 4.69) is 5.73 Å². The number of carbonyl (C=O) groups is 1. The summed E-state index contributed by atoms with van der Waals surface area (Å²) in [6.45, 7) is 2.01. The van der Waals surface area contributed by atoms with Crippen LogP contribution < -0.4 is 4.74 Å². The Morgan fingerprint density at radius 2 is 2.17 bits per heavy atom. The summed E-state index contributed by atoms with van der Waals surface area (Å²) >= 11 is 0. The van der Waals surface area contributed by atoms with Crippen LogP contribution in [0.5, 0.6) is 5.75 Å². The van der Waals surface area contributed by atoms with Crippen molar-refractivity contribution in [2.75, 3.05) is 14.2 Å². The summed E-state index contributed by atoms with van der Waals surface area (Å²) in [5.41, 5.74) is 4.50. The topological polar surface area (TPSA) is 35.5 Å². The highest BCUT2D eigenvalue weighted by Crippen LogP contribution is 2.14. The van der Waals surface area contributed by atoms with Crippen LogP contribution in [0.3, 0.4) is 0 Å². The average molecular weight is 246 g/mol. The second-order valence-electron chi connectivity index (χ2n) is 3.79. The SMILES string of the molecule is CCCC(=C=Cc1cccc(OC)c1)C(=O)OC. The van der Waals surface area contributed by atoms with E-state index >= 15 is 0 Å². The van der Waals surface area contributed by atoms with Crippen LogP contribution in [-0.2, 0) is 9.53 Å². The molecule has 0 aliphatic carbocycles. The van der Waals surface area contributed by atoms with Gasteiger partial charge in [0.1, 0.15) is 5.75 Å². The van der Waals surface area contributed by atoms with E-state index in [9.17, 15) is 4.79 Å². The Balaban J connectivity index is 3.01. The summed E-state index contributed by atoms with van der Waals surface area (Å²) in [6, 6.07) is 7.57. The van der Waals surface area contributed by atoms with Gasteiger partial charge >= 0.3 is 5.97 Å². The third-order valence-electron chi connectivity index (χ3n) is 2.44. The molecule has 18 heavy (non-hydrogen) atoms. The van der Waals surface area contributed by atoms with Crippen molar-refractivity contribution in [3.05, 3.63) is 41.1 Å². The first-order chi connectivity index (χ1) is 8.71. The summed E-state index contributed by atoms with van der Waals surface area (Å²) in [6.07, 6.45) is 3.31. The summed E-state index contributed by atoms with van der Waals surface area (Å²) in [5, 5.41) is 0. The summed E-state index contributed by atoms with van der Waals surface area (Å²) in [4.78, 5) is 11.5. The second kappa shape index (κ2) is 7.36. The lowest BCUT2D eigenvalue weighted by atomic mass is 10.1. The van der Waals surface area contributed by atoms with E-state index in [-0.39, 0.29) is 5.97 Å². The van der Waals surface area contributed by atoms with Gasteiger partial charge in [0.15, 0.2) is 0 Å². The molecule has 1 rings (SSSR count). The van der Waals surface area contributed by atoms with Crippen molar-refractivity contribution in [2.45, 2.75) is 19.8 Å². The second-order valence-corrected chi connectivity index (χ2v) is 3.79. The van der Waals surface area contributed by atoms with Gasteiger partial charge in [0, 0.05) is 0 Å². The van der Waals surface area contributed by atoms with Gasteiger partial charge in [0.25, 0.3) is 0 Å². The molecule has 96 valence electrons. The van der Waals surface area contributed by atoms with Crippen LogP contribution in [0.1, 0.15) is 25.3 Å². The molecule has 0 spiro atoms. The van der Waals surface area contributed by atoms with Crippen LogP contribution in [0.2, 0.25) is 0 Å². The molecule has 0 fully saturated rings. The van der Waals surface area contributed by atoms with Gasteiger partial charge in [0.05, 0.1) is 19.8 Å². The van der Waals surface area contributed by atoms with Gasteiger partial charge in [-0.05, 0) is 30.2 Å². The largest absolute Gasteiger partial charge is 0.497 e. The van der Waals surface area contributed by atoms with Crippen LogP contribution in [0, 0.1) is 0 Å². The molecule has 0 aliphatic heterocycles. The molecule has 0 radical (unpaired) electrons. The fourth-order valence-electron chi connectivity index (χ4n) is 1.51. The van der Waals surface area contributed by atoms with E-state index in [1.165, 1.54) is 7.11 Å². The van der Waals surface area contributed by atoms with E-state index in [1.807, 2.05) is 31.2 Å². The molecule has 1 aromatic rings. The number of methoxy groups -OCH3 is 2. The quantitative estimate of drug-likeness (QED) is 0.454. The van der Waals surface area contributed by atoms with E-state index in [0.717, 1.165) is 17.7 Å².